The Bertz CT molecular complexity index is 1160. The van der Waals surface area contributed by atoms with Crippen LogP contribution in [0.1, 0.15) is 33.5 Å². The van der Waals surface area contributed by atoms with Gasteiger partial charge in [0.25, 0.3) is 5.91 Å². The third-order valence-electron chi connectivity index (χ3n) is 6.34. The molecule has 1 amide bonds. The first-order valence-electron chi connectivity index (χ1n) is 11.3. The SMILES string of the molecule is COC(=O)[C@@H]1C[C@H](NC(=O)c2ccc(-n3cccn3)cc2)CN1Cc1cc(C)c(OC)cc1C. The maximum Gasteiger partial charge on any atom is 0.323 e. The Morgan fingerprint density at radius 2 is 1.88 bits per heavy atom. The Morgan fingerprint density at radius 3 is 2.53 bits per heavy atom. The van der Waals surface area contributed by atoms with Crippen LogP contribution in [0.4, 0.5) is 0 Å². The molecule has 0 unspecified atom stereocenters. The number of likely N-dealkylation sites (tertiary alicyclic amines) is 1. The first-order valence-corrected chi connectivity index (χ1v) is 11.3. The van der Waals surface area contributed by atoms with E-state index in [0.717, 1.165) is 28.1 Å². The lowest BCUT2D eigenvalue weighted by Gasteiger charge is -2.23. The molecule has 1 N–H and O–H groups in total. The van der Waals surface area contributed by atoms with Gasteiger partial charge in [-0.2, -0.15) is 5.10 Å². The van der Waals surface area contributed by atoms with Gasteiger partial charge in [-0.25, -0.2) is 4.68 Å². The van der Waals surface area contributed by atoms with E-state index in [1.165, 1.54) is 7.11 Å². The average Bonchev–Trinajstić information content (AvgIpc) is 3.51. The van der Waals surface area contributed by atoms with Gasteiger partial charge in [-0.15, -0.1) is 0 Å². The molecule has 1 saturated heterocycles. The maximum absolute atomic E-state index is 12.9. The van der Waals surface area contributed by atoms with E-state index >= 15 is 0 Å². The van der Waals surface area contributed by atoms with Gasteiger partial charge in [0.15, 0.2) is 0 Å². The van der Waals surface area contributed by atoms with Crippen molar-refractivity contribution in [1.29, 1.82) is 0 Å². The molecule has 0 aliphatic carbocycles. The summed E-state index contributed by atoms with van der Waals surface area (Å²) in [4.78, 5) is 27.5. The predicted octanol–water partition coefficient (Wildman–Crippen LogP) is 3.04. The molecule has 3 aromatic rings. The molecule has 0 spiro atoms. The van der Waals surface area contributed by atoms with Gasteiger partial charge in [0.1, 0.15) is 11.8 Å². The van der Waals surface area contributed by atoms with Crippen LogP contribution in [0.2, 0.25) is 0 Å². The lowest BCUT2D eigenvalue weighted by Crippen LogP contribution is -2.38. The summed E-state index contributed by atoms with van der Waals surface area (Å²) in [7, 11) is 3.06. The van der Waals surface area contributed by atoms with Crippen molar-refractivity contribution in [3.63, 3.8) is 0 Å². The minimum atomic E-state index is -0.417. The molecule has 2 heterocycles. The maximum atomic E-state index is 12.9. The number of nitrogens with zero attached hydrogens (tertiary/aromatic N) is 3. The Kier molecular flexibility index (Phi) is 6.98. The van der Waals surface area contributed by atoms with Gasteiger partial charge in [-0.1, -0.05) is 6.07 Å². The predicted molar refractivity (Wildman–Crippen MR) is 128 cm³/mol. The smallest absolute Gasteiger partial charge is 0.323 e. The minimum absolute atomic E-state index is 0.165. The lowest BCUT2D eigenvalue weighted by molar-refractivity contribution is -0.146. The van der Waals surface area contributed by atoms with Gasteiger partial charge >= 0.3 is 5.97 Å². The van der Waals surface area contributed by atoms with Crippen LogP contribution in [0, 0.1) is 13.8 Å². The number of hydrogen-bond donors (Lipinski definition) is 1. The van der Waals surface area contributed by atoms with Crippen LogP contribution in [0.15, 0.2) is 54.9 Å². The summed E-state index contributed by atoms with van der Waals surface area (Å²) < 4.78 is 12.2. The fourth-order valence-electron chi connectivity index (χ4n) is 4.48. The summed E-state index contributed by atoms with van der Waals surface area (Å²) in [6, 6.07) is 12.6. The van der Waals surface area contributed by atoms with Crippen LogP contribution >= 0.6 is 0 Å². The molecule has 0 saturated carbocycles. The number of nitrogens with one attached hydrogen (secondary N) is 1. The second kappa shape index (κ2) is 10.1. The van der Waals surface area contributed by atoms with Gasteiger partial charge in [-0.3, -0.25) is 14.5 Å². The highest BCUT2D eigenvalue weighted by Gasteiger charge is 2.38. The van der Waals surface area contributed by atoms with E-state index < -0.39 is 6.04 Å². The van der Waals surface area contributed by atoms with Crippen LogP contribution in [-0.4, -0.2) is 59.4 Å². The highest BCUT2D eigenvalue weighted by molar-refractivity contribution is 5.94. The van der Waals surface area contributed by atoms with E-state index in [2.05, 4.69) is 21.4 Å². The molecule has 1 aliphatic rings. The second-order valence-electron chi connectivity index (χ2n) is 8.62. The van der Waals surface area contributed by atoms with Crippen LogP contribution in [0.3, 0.4) is 0 Å². The van der Waals surface area contributed by atoms with E-state index in [4.69, 9.17) is 9.47 Å². The summed E-state index contributed by atoms with van der Waals surface area (Å²) in [6.45, 7) is 5.18. The molecule has 1 fully saturated rings. The number of carbonyl (C=O) groups is 2. The molecular formula is C26H30N4O4. The Labute approximate surface area is 199 Å². The van der Waals surface area contributed by atoms with Gasteiger partial charge in [0.05, 0.1) is 19.9 Å². The normalized spacial score (nSPS) is 18.0. The molecule has 8 heteroatoms. The number of amides is 1. The zero-order valence-electron chi connectivity index (χ0n) is 19.9. The van der Waals surface area contributed by atoms with Crippen LogP contribution < -0.4 is 10.1 Å². The van der Waals surface area contributed by atoms with Crippen molar-refractivity contribution >= 4 is 11.9 Å². The molecule has 4 rings (SSSR count). The molecule has 8 nitrogen and oxygen atoms in total. The summed E-state index contributed by atoms with van der Waals surface area (Å²) in [5, 5.41) is 7.29. The number of rotatable bonds is 7. The van der Waals surface area contributed by atoms with Crippen molar-refractivity contribution in [1.82, 2.24) is 20.0 Å². The molecule has 2 atom stereocenters. The first kappa shape index (κ1) is 23.5. The van der Waals surface area contributed by atoms with Gasteiger partial charge in [-0.05, 0) is 73.4 Å². The highest BCUT2D eigenvalue weighted by Crippen LogP contribution is 2.27. The third-order valence-corrected chi connectivity index (χ3v) is 6.34. The fourth-order valence-corrected chi connectivity index (χ4v) is 4.48. The molecule has 178 valence electrons. The number of benzene rings is 2. The Morgan fingerprint density at radius 1 is 1.12 bits per heavy atom. The van der Waals surface area contributed by atoms with Crippen LogP contribution in [-0.2, 0) is 16.1 Å². The van der Waals surface area contributed by atoms with E-state index in [0.29, 0.717) is 25.1 Å². The van der Waals surface area contributed by atoms with Crippen LogP contribution in [0.25, 0.3) is 5.69 Å². The topological polar surface area (TPSA) is 85.7 Å². The quantitative estimate of drug-likeness (QED) is 0.544. The standard InChI is InChI=1S/C26H30N4O4/c1-17-13-24(33-3)18(2)12-20(17)15-29-16-21(14-23(29)26(32)34-4)28-25(31)19-6-8-22(9-7-19)30-11-5-10-27-30/h5-13,21,23H,14-16H2,1-4H3,(H,28,31)/t21-,23-/m0/s1. The summed E-state index contributed by atoms with van der Waals surface area (Å²) in [5.41, 5.74) is 4.69. The van der Waals surface area contributed by atoms with E-state index in [1.54, 1.807) is 30.1 Å². The van der Waals surface area contributed by atoms with E-state index in [9.17, 15) is 9.59 Å². The largest absolute Gasteiger partial charge is 0.496 e. The summed E-state index contributed by atoms with van der Waals surface area (Å²) in [6.07, 6.45) is 4.05. The van der Waals surface area contributed by atoms with E-state index in [-0.39, 0.29) is 17.9 Å². The molecule has 0 bridgehead atoms. The lowest BCUT2D eigenvalue weighted by atomic mass is 10.0. The molecule has 2 aromatic carbocycles. The van der Waals surface area contributed by atoms with Crippen molar-refractivity contribution in [3.05, 3.63) is 77.1 Å². The molecule has 1 aromatic heterocycles. The number of aryl methyl sites for hydroxylation is 2. The third kappa shape index (κ3) is 4.97. The summed E-state index contributed by atoms with van der Waals surface area (Å²) >= 11 is 0. The monoisotopic (exact) mass is 462 g/mol. The molecule has 34 heavy (non-hydrogen) atoms. The molecular weight excluding hydrogens is 432 g/mol. The van der Waals surface area contributed by atoms with Gasteiger partial charge < -0.3 is 14.8 Å². The van der Waals surface area contributed by atoms with Crippen LogP contribution in [0.5, 0.6) is 5.75 Å². The number of hydrogen-bond acceptors (Lipinski definition) is 6. The van der Waals surface area contributed by atoms with Crippen molar-refractivity contribution in [2.45, 2.75) is 38.9 Å². The first-order chi connectivity index (χ1) is 16.4. The van der Waals surface area contributed by atoms with Crippen molar-refractivity contribution in [2.75, 3.05) is 20.8 Å². The Balaban J connectivity index is 1.46. The van der Waals surface area contributed by atoms with Gasteiger partial charge in [0.2, 0.25) is 0 Å². The zero-order chi connectivity index (χ0) is 24.2. The molecule has 0 radical (unpaired) electrons. The second-order valence-corrected chi connectivity index (χ2v) is 8.62. The number of methoxy groups -OCH3 is 2. The van der Waals surface area contributed by atoms with Crippen molar-refractivity contribution in [3.8, 4) is 11.4 Å². The zero-order valence-corrected chi connectivity index (χ0v) is 19.9. The van der Waals surface area contributed by atoms with Gasteiger partial charge in [0, 0.05) is 37.1 Å². The number of carbonyl (C=O) groups excluding carboxylic acids is 2. The minimum Gasteiger partial charge on any atom is -0.496 e. The van der Waals surface area contributed by atoms with Crippen molar-refractivity contribution < 1.29 is 19.1 Å². The van der Waals surface area contributed by atoms with E-state index in [1.807, 2.05) is 44.3 Å². The fraction of sp³-hybridized carbons (Fsp3) is 0.346. The molecule has 1 aliphatic heterocycles. The number of esters is 1. The number of ether oxygens (including phenoxy) is 2. The Hall–Kier alpha value is -3.65. The van der Waals surface area contributed by atoms with Crippen molar-refractivity contribution in [2.24, 2.45) is 0 Å². The average molecular weight is 463 g/mol. The highest BCUT2D eigenvalue weighted by atomic mass is 16.5. The number of aromatic nitrogens is 2. The summed E-state index contributed by atoms with van der Waals surface area (Å²) in [5.74, 6) is 0.387.